The molecule has 31 heavy (non-hydrogen) atoms. The summed E-state index contributed by atoms with van der Waals surface area (Å²) in [7, 11) is 1.63. The number of nitrogens with zero attached hydrogens (tertiary/aromatic N) is 5. The van der Waals surface area contributed by atoms with Crippen molar-refractivity contribution < 1.29 is 14.4 Å². The number of benzene rings is 2. The molecule has 2 aromatic heterocycles. The number of rotatable bonds is 5. The number of phenolic OH excluding ortho intramolecular Hbond substituents is 1. The third kappa shape index (κ3) is 4.50. The van der Waals surface area contributed by atoms with Crippen LogP contribution in [0.3, 0.4) is 0 Å². The number of carbonyl (C=O) groups excluding carboxylic acids is 1. The zero-order valence-electron chi connectivity index (χ0n) is 16.2. The zero-order valence-corrected chi connectivity index (χ0v) is 17.7. The van der Waals surface area contributed by atoms with Crippen molar-refractivity contribution in [2.24, 2.45) is 0 Å². The largest absolute Gasteiger partial charge is 0.505 e. The van der Waals surface area contributed by atoms with Crippen LogP contribution in [0.25, 0.3) is 22.8 Å². The van der Waals surface area contributed by atoms with Crippen LogP contribution < -0.4 is 0 Å². The van der Waals surface area contributed by atoms with Gasteiger partial charge in [-0.15, -0.1) is 0 Å². The summed E-state index contributed by atoms with van der Waals surface area (Å²) in [5, 5.41) is 13.6. The molecule has 0 fully saturated rings. The molecule has 0 aliphatic carbocycles. The van der Waals surface area contributed by atoms with Crippen LogP contribution in [-0.2, 0) is 6.54 Å². The fourth-order valence-electron chi connectivity index (χ4n) is 2.84. The Labute approximate surface area is 187 Å². The fourth-order valence-corrected chi connectivity index (χ4v) is 3.33. The van der Waals surface area contributed by atoms with E-state index in [1.165, 1.54) is 17.0 Å². The molecular formula is C21H15Cl2N5O3. The van der Waals surface area contributed by atoms with Gasteiger partial charge < -0.3 is 14.5 Å². The Morgan fingerprint density at radius 1 is 1.03 bits per heavy atom. The lowest BCUT2D eigenvalue weighted by atomic mass is 10.1. The highest BCUT2D eigenvalue weighted by molar-refractivity contribution is 6.37. The average molecular weight is 456 g/mol. The van der Waals surface area contributed by atoms with Gasteiger partial charge in [-0.05, 0) is 23.8 Å². The van der Waals surface area contributed by atoms with Crippen LogP contribution in [0, 0.1) is 0 Å². The lowest BCUT2D eigenvalue weighted by Gasteiger charge is -2.15. The molecule has 2 heterocycles. The normalized spacial score (nSPS) is 10.8. The summed E-state index contributed by atoms with van der Waals surface area (Å²) < 4.78 is 5.11. The van der Waals surface area contributed by atoms with E-state index in [0.29, 0.717) is 17.9 Å². The van der Waals surface area contributed by atoms with Crippen LogP contribution in [0.2, 0.25) is 10.0 Å². The second kappa shape index (κ2) is 8.71. The molecule has 0 aliphatic heterocycles. The molecule has 0 radical (unpaired) electrons. The molecular weight excluding hydrogens is 441 g/mol. The van der Waals surface area contributed by atoms with Crippen LogP contribution in [0.1, 0.15) is 16.2 Å². The molecule has 0 spiro atoms. The molecule has 0 saturated carbocycles. The topological polar surface area (TPSA) is 105 Å². The Bertz CT molecular complexity index is 1210. The molecule has 0 unspecified atom stereocenters. The number of phenols is 1. The van der Waals surface area contributed by atoms with Gasteiger partial charge in [-0.3, -0.25) is 4.79 Å². The first-order valence-corrected chi connectivity index (χ1v) is 9.82. The minimum Gasteiger partial charge on any atom is -0.505 e. The first-order valence-electron chi connectivity index (χ1n) is 9.06. The van der Waals surface area contributed by atoms with Crippen LogP contribution in [-0.4, -0.2) is 43.1 Å². The van der Waals surface area contributed by atoms with E-state index >= 15 is 0 Å². The number of amides is 1. The maximum absolute atomic E-state index is 12.7. The minimum atomic E-state index is -0.440. The third-order valence-corrected chi connectivity index (χ3v) is 5.00. The quantitative estimate of drug-likeness (QED) is 0.472. The van der Waals surface area contributed by atoms with Gasteiger partial charge in [0, 0.05) is 37.1 Å². The number of halogens is 2. The lowest BCUT2D eigenvalue weighted by molar-refractivity contribution is 0.0735. The summed E-state index contributed by atoms with van der Waals surface area (Å²) in [6.07, 6.45) is 3.36. The molecule has 8 nitrogen and oxygen atoms in total. The van der Waals surface area contributed by atoms with Crippen molar-refractivity contribution in [3.63, 3.8) is 0 Å². The number of carbonyl (C=O) groups is 1. The van der Waals surface area contributed by atoms with Gasteiger partial charge in [0.15, 0.2) is 11.6 Å². The van der Waals surface area contributed by atoms with E-state index in [-0.39, 0.29) is 27.5 Å². The first-order chi connectivity index (χ1) is 14.9. The molecule has 1 N–H and O–H groups in total. The average Bonchev–Trinajstić information content (AvgIpc) is 3.28. The Morgan fingerprint density at radius 2 is 1.68 bits per heavy atom. The van der Waals surface area contributed by atoms with Gasteiger partial charge in [0.05, 0.1) is 10.0 Å². The molecule has 0 aliphatic rings. The van der Waals surface area contributed by atoms with Gasteiger partial charge in [0.25, 0.3) is 0 Å². The monoisotopic (exact) mass is 455 g/mol. The van der Waals surface area contributed by atoms with Crippen molar-refractivity contribution in [1.82, 2.24) is 25.0 Å². The van der Waals surface area contributed by atoms with E-state index in [1.54, 1.807) is 25.5 Å². The van der Waals surface area contributed by atoms with Crippen LogP contribution >= 0.6 is 23.2 Å². The van der Waals surface area contributed by atoms with Crippen LogP contribution in [0.5, 0.6) is 5.75 Å². The molecule has 2 aromatic carbocycles. The van der Waals surface area contributed by atoms with Gasteiger partial charge in [-0.25, -0.2) is 9.97 Å². The lowest BCUT2D eigenvalue weighted by Crippen LogP contribution is -2.26. The van der Waals surface area contributed by atoms with E-state index in [1.807, 2.05) is 24.3 Å². The van der Waals surface area contributed by atoms with E-state index in [2.05, 4.69) is 20.1 Å². The molecule has 1 amide bonds. The fraction of sp³-hybridized carbons (Fsp3) is 0.0952. The number of hydrogen-bond donors (Lipinski definition) is 1. The highest BCUT2D eigenvalue weighted by atomic mass is 35.5. The van der Waals surface area contributed by atoms with Crippen molar-refractivity contribution in [1.29, 1.82) is 0 Å². The number of hydrogen-bond acceptors (Lipinski definition) is 7. The Morgan fingerprint density at radius 3 is 2.32 bits per heavy atom. The summed E-state index contributed by atoms with van der Waals surface area (Å²) in [5.41, 5.74) is 2.20. The number of aromatic nitrogens is 4. The summed E-state index contributed by atoms with van der Waals surface area (Å²) >= 11 is 11.9. The predicted octanol–water partition coefficient (Wildman–Crippen LogP) is 4.48. The Balaban J connectivity index is 1.46. The molecule has 4 rings (SSSR count). The van der Waals surface area contributed by atoms with Crippen molar-refractivity contribution >= 4 is 29.1 Å². The van der Waals surface area contributed by atoms with E-state index in [0.717, 1.165) is 11.1 Å². The second-order valence-corrected chi connectivity index (χ2v) is 7.46. The van der Waals surface area contributed by atoms with Crippen molar-refractivity contribution in [2.75, 3.05) is 7.05 Å². The van der Waals surface area contributed by atoms with Gasteiger partial charge in [0.2, 0.25) is 5.82 Å². The molecule has 4 aromatic rings. The van der Waals surface area contributed by atoms with E-state index < -0.39 is 5.91 Å². The SMILES string of the molecule is CN(Cc1ccc(-c2ncccn2)cc1)C(=O)c1nc(-c2cc(Cl)c(O)c(Cl)c2)no1. The van der Waals surface area contributed by atoms with Crippen LogP contribution in [0.4, 0.5) is 0 Å². The summed E-state index contributed by atoms with van der Waals surface area (Å²) in [6.45, 7) is 0.337. The number of aromatic hydroxyl groups is 1. The highest BCUT2D eigenvalue weighted by Crippen LogP contribution is 2.35. The van der Waals surface area contributed by atoms with Crippen molar-refractivity contribution in [2.45, 2.75) is 6.54 Å². The van der Waals surface area contributed by atoms with Crippen LogP contribution in [0.15, 0.2) is 59.4 Å². The molecule has 10 heteroatoms. The van der Waals surface area contributed by atoms with E-state index in [9.17, 15) is 9.90 Å². The van der Waals surface area contributed by atoms with Crippen molar-refractivity contribution in [3.8, 4) is 28.5 Å². The van der Waals surface area contributed by atoms with E-state index in [4.69, 9.17) is 27.7 Å². The zero-order chi connectivity index (χ0) is 22.0. The highest BCUT2D eigenvalue weighted by Gasteiger charge is 2.21. The maximum Gasteiger partial charge on any atom is 0.316 e. The Kier molecular flexibility index (Phi) is 5.83. The minimum absolute atomic E-state index is 0.0432. The molecule has 156 valence electrons. The third-order valence-electron chi connectivity index (χ3n) is 4.43. The smallest absolute Gasteiger partial charge is 0.316 e. The Hall–Kier alpha value is -3.49. The standard InChI is InChI=1S/C21H15Cl2N5O3/c1-28(11-12-3-5-13(6-4-12)18-24-7-2-8-25-18)21(30)20-26-19(27-31-20)14-9-15(22)17(29)16(23)10-14/h2-10,29H,11H2,1H3. The van der Waals surface area contributed by atoms with Crippen molar-refractivity contribution in [3.05, 3.63) is 76.4 Å². The molecule has 0 atom stereocenters. The summed E-state index contributed by atoms with van der Waals surface area (Å²) in [6, 6.07) is 12.2. The second-order valence-electron chi connectivity index (χ2n) is 6.64. The van der Waals surface area contributed by atoms with Gasteiger partial charge in [-0.2, -0.15) is 4.98 Å². The molecule has 0 saturated heterocycles. The van der Waals surface area contributed by atoms with Gasteiger partial charge in [-0.1, -0.05) is 52.6 Å². The maximum atomic E-state index is 12.7. The van der Waals surface area contributed by atoms with Gasteiger partial charge >= 0.3 is 11.8 Å². The summed E-state index contributed by atoms with van der Waals surface area (Å²) in [5.74, 6) is -0.0900. The first kappa shape index (κ1) is 20.8. The predicted molar refractivity (Wildman–Crippen MR) is 115 cm³/mol. The molecule has 0 bridgehead atoms. The van der Waals surface area contributed by atoms with Gasteiger partial charge in [0.1, 0.15) is 0 Å². The summed E-state index contributed by atoms with van der Waals surface area (Å²) in [4.78, 5) is 26.7.